The summed E-state index contributed by atoms with van der Waals surface area (Å²) in [7, 11) is 4.63. The zero-order chi connectivity index (χ0) is 23.7. The van der Waals surface area contributed by atoms with Gasteiger partial charge >= 0.3 is 0 Å². The topological polar surface area (TPSA) is 85.8 Å². The summed E-state index contributed by atoms with van der Waals surface area (Å²) in [5, 5.41) is 3.94. The van der Waals surface area contributed by atoms with E-state index in [-0.39, 0.29) is 5.91 Å². The molecular weight excluding hydrogens is 440 g/mol. The molecule has 176 valence electrons. The van der Waals surface area contributed by atoms with Crippen LogP contribution in [0.2, 0.25) is 0 Å². The SMILES string of the molecule is COc1cc(NC(=O)c2sc3nc(C)nc(N4CCC(C)CC4)c3c2C)cc(OC)c1OC. The van der Waals surface area contributed by atoms with Crippen LogP contribution in [0.5, 0.6) is 17.2 Å². The number of fused-ring (bicyclic) bond motifs is 1. The van der Waals surface area contributed by atoms with Gasteiger partial charge < -0.3 is 24.4 Å². The number of hydrogen-bond donors (Lipinski definition) is 1. The van der Waals surface area contributed by atoms with Gasteiger partial charge in [-0.05, 0) is 38.2 Å². The molecule has 0 aliphatic carbocycles. The first-order valence-corrected chi connectivity index (χ1v) is 11.8. The van der Waals surface area contributed by atoms with Crippen molar-refractivity contribution in [2.75, 3.05) is 44.6 Å². The second-order valence-electron chi connectivity index (χ2n) is 8.37. The summed E-state index contributed by atoms with van der Waals surface area (Å²) in [4.78, 5) is 26.5. The molecular formula is C24H30N4O4S. The molecule has 0 unspecified atom stereocenters. The number of nitrogens with one attached hydrogen (secondary N) is 1. The number of methoxy groups -OCH3 is 3. The fourth-order valence-electron chi connectivity index (χ4n) is 4.23. The molecule has 1 aromatic carbocycles. The minimum atomic E-state index is -0.208. The Bertz CT molecular complexity index is 1160. The fraction of sp³-hybridized carbons (Fsp3) is 0.458. The molecule has 3 heterocycles. The van der Waals surface area contributed by atoms with Crippen LogP contribution in [0.15, 0.2) is 12.1 Å². The number of benzene rings is 1. The Hall–Kier alpha value is -3.07. The molecule has 3 aromatic rings. The first-order valence-electron chi connectivity index (χ1n) is 11.0. The summed E-state index contributed by atoms with van der Waals surface area (Å²) >= 11 is 1.39. The number of thiophene rings is 1. The maximum atomic E-state index is 13.3. The highest BCUT2D eigenvalue weighted by Gasteiger charge is 2.25. The van der Waals surface area contributed by atoms with Crippen molar-refractivity contribution < 1.29 is 19.0 Å². The van der Waals surface area contributed by atoms with Crippen LogP contribution in [-0.2, 0) is 0 Å². The molecule has 1 N–H and O–H groups in total. The number of amides is 1. The van der Waals surface area contributed by atoms with E-state index in [0.717, 1.165) is 53.4 Å². The predicted molar refractivity (Wildman–Crippen MR) is 132 cm³/mol. The number of anilines is 2. The van der Waals surface area contributed by atoms with E-state index < -0.39 is 0 Å². The molecule has 0 radical (unpaired) electrons. The van der Waals surface area contributed by atoms with Crippen LogP contribution in [0.3, 0.4) is 0 Å². The highest BCUT2D eigenvalue weighted by molar-refractivity contribution is 7.20. The Morgan fingerprint density at radius 2 is 1.70 bits per heavy atom. The van der Waals surface area contributed by atoms with Crippen LogP contribution < -0.4 is 24.4 Å². The third-order valence-corrected chi connectivity index (χ3v) is 7.28. The number of aromatic nitrogens is 2. The zero-order valence-corrected chi connectivity index (χ0v) is 20.8. The van der Waals surface area contributed by atoms with Gasteiger partial charge in [0.25, 0.3) is 5.91 Å². The maximum Gasteiger partial charge on any atom is 0.266 e. The van der Waals surface area contributed by atoms with E-state index in [9.17, 15) is 4.79 Å². The lowest BCUT2D eigenvalue weighted by molar-refractivity contribution is 0.103. The number of carbonyl (C=O) groups excluding carboxylic acids is 1. The standard InChI is InChI=1S/C24H30N4O4S/c1-13-7-9-28(10-8-13)22-19-14(2)21(33-24(19)26-15(3)25-22)23(29)27-16-11-17(30-4)20(32-6)18(12-16)31-5/h11-13H,7-10H2,1-6H3,(H,27,29). The number of piperidine rings is 1. The third kappa shape index (κ3) is 4.42. The lowest BCUT2D eigenvalue weighted by Gasteiger charge is -2.31. The largest absolute Gasteiger partial charge is 0.493 e. The molecule has 4 rings (SSSR count). The molecule has 8 nitrogen and oxygen atoms in total. The molecule has 33 heavy (non-hydrogen) atoms. The van der Waals surface area contributed by atoms with Crippen molar-refractivity contribution in [3.63, 3.8) is 0 Å². The van der Waals surface area contributed by atoms with Gasteiger partial charge in [0.05, 0.1) is 31.6 Å². The number of carbonyl (C=O) groups is 1. The van der Waals surface area contributed by atoms with E-state index in [1.165, 1.54) is 11.3 Å². The average molecular weight is 471 g/mol. The Labute approximate surface area is 197 Å². The number of rotatable bonds is 6. The molecule has 9 heteroatoms. The van der Waals surface area contributed by atoms with Crippen molar-refractivity contribution >= 4 is 39.0 Å². The summed E-state index contributed by atoms with van der Waals surface area (Å²) in [5.74, 6) is 3.59. The van der Waals surface area contributed by atoms with Gasteiger partial charge in [-0.25, -0.2) is 9.97 Å². The van der Waals surface area contributed by atoms with Crippen LogP contribution in [0, 0.1) is 19.8 Å². The predicted octanol–water partition coefficient (Wildman–Crippen LogP) is 4.82. The van der Waals surface area contributed by atoms with Crippen LogP contribution in [0.4, 0.5) is 11.5 Å². The Morgan fingerprint density at radius 3 is 2.27 bits per heavy atom. The molecule has 0 atom stereocenters. The second kappa shape index (κ2) is 9.43. The van der Waals surface area contributed by atoms with Crippen LogP contribution in [0.25, 0.3) is 10.2 Å². The van der Waals surface area contributed by atoms with Crippen molar-refractivity contribution in [3.05, 3.63) is 28.4 Å². The number of ether oxygens (including phenoxy) is 3. The minimum Gasteiger partial charge on any atom is -0.493 e. The monoisotopic (exact) mass is 470 g/mol. The summed E-state index contributed by atoms with van der Waals surface area (Å²) in [5.41, 5.74) is 1.45. The van der Waals surface area contributed by atoms with E-state index in [1.54, 1.807) is 33.5 Å². The Kier molecular flexibility index (Phi) is 6.60. The molecule has 1 aliphatic rings. The van der Waals surface area contributed by atoms with E-state index in [0.29, 0.717) is 33.6 Å². The summed E-state index contributed by atoms with van der Waals surface area (Å²) < 4.78 is 16.2. The quantitative estimate of drug-likeness (QED) is 0.553. The first kappa shape index (κ1) is 23.1. The van der Waals surface area contributed by atoms with Crippen LogP contribution >= 0.6 is 11.3 Å². The Balaban J connectivity index is 1.70. The first-order chi connectivity index (χ1) is 15.9. The second-order valence-corrected chi connectivity index (χ2v) is 9.37. The van der Waals surface area contributed by atoms with Gasteiger partial charge in [0.15, 0.2) is 11.5 Å². The smallest absolute Gasteiger partial charge is 0.266 e. The van der Waals surface area contributed by atoms with E-state index in [4.69, 9.17) is 19.2 Å². The maximum absolute atomic E-state index is 13.3. The molecule has 0 saturated carbocycles. The minimum absolute atomic E-state index is 0.208. The van der Waals surface area contributed by atoms with Crippen molar-refractivity contribution in [2.45, 2.75) is 33.6 Å². The molecule has 1 aliphatic heterocycles. The molecule has 2 aromatic heterocycles. The molecule has 1 amide bonds. The van der Waals surface area contributed by atoms with Gasteiger partial charge in [-0.3, -0.25) is 4.79 Å². The van der Waals surface area contributed by atoms with Crippen LogP contribution in [0.1, 0.15) is 40.8 Å². The fourth-order valence-corrected chi connectivity index (χ4v) is 5.34. The van der Waals surface area contributed by atoms with Gasteiger partial charge in [0, 0.05) is 30.9 Å². The van der Waals surface area contributed by atoms with Crippen LogP contribution in [-0.4, -0.2) is 50.3 Å². The van der Waals surface area contributed by atoms with Crippen molar-refractivity contribution in [1.29, 1.82) is 0 Å². The molecule has 0 bridgehead atoms. The van der Waals surface area contributed by atoms with Gasteiger partial charge in [0.2, 0.25) is 5.75 Å². The molecule has 1 fully saturated rings. The normalized spacial score (nSPS) is 14.4. The summed E-state index contributed by atoms with van der Waals surface area (Å²) in [6.07, 6.45) is 2.28. The highest BCUT2D eigenvalue weighted by atomic mass is 32.1. The number of hydrogen-bond acceptors (Lipinski definition) is 8. The number of nitrogens with zero attached hydrogens (tertiary/aromatic N) is 3. The summed E-state index contributed by atoms with van der Waals surface area (Å²) in [6.45, 7) is 8.10. The van der Waals surface area contributed by atoms with E-state index in [2.05, 4.69) is 22.1 Å². The van der Waals surface area contributed by atoms with Crippen molar-refractivity contribution in [1.82, 2.24) is 9.97 Å². The van der Waals surface area contributed by atoms with Gasteiger partial charge in [-0.2, -0.15) is 0 Å². The number of aryl methyl sites for hydroxylation is 2. The van der Waals surface area contributed by atoms with Gasteiger partial charge in [-0.1, -0.05) is 6.92 Å². The zero-order valence-electron chi connectivity index (χ0n) is 19.9. The third-order valence-electron chi connectivity index (χ3n) is 6.09. The van der Waals surface area contributed by atoms with E-state index >= 15 is 0 Å². The van der Waals surface area contributed by atoms with Crippen molar-refractivity contribution in [2.24, 2.45) is 5.92 Å². The highest BCUT2D eigenvalue weighted by Crippen LogP contribution is 2.41. The average Bonchev–Trinajstić information content (AvgIpc) is 3.14. The van der Waals surface area contributed by atoms with E-state index in [1.807, 2.05) is 13.8 Å². The Morgan fingerprint density at radius 1 is 1.06 bits per heavy atom. The molecule has 1 saturated heterocycles. The summed E-state index contributed by atoms with van der Waals surface area (Å²) in [6, 6.07) is 3.43. The van der Waals surface area contributed by atoms with Gasteiger partial charge in [-0.15, -0.1) is 11.3 Å². The lowest BCUT2D eigenvalue weighted by Crippen LogP contribution is -2.33. The van der Waals surface area contributed by atoms with Gasteiger partial charge in [0.1, 0.15) is 16.5 Å². The lowest BCUT2D eigenvalue weighted by atomic mass is 9.99. The molecule has 0 spiro atoms. The van der Waals surface area contributed by atoms with Crippen molar-refractivity contribution in [3.8, 4) is 17.2 Å².